The number of rotatable bonds is 6. The van der Waals surface area contributed by atoms with E-state index in [1.165, 1.54) is 12.8 Å². The van der Waals surface area contributed by atoms with Gasteiger partial charge in [-0.25, -0.2) is 0 Å². The summed E-state index contributed by atoms with van der Waals surface area (Å²) in [7, 11) is 0. The number of ether oxygens (including phenoxy) is 2. The number of hydrogen-bond donors (Lipinski definition) is 0. The molecule has 0 radical (unpaired) electrons. The van der Waals surface area contributed by atoms with E-state index in [0.717, 1.165) is 51.4 Å². The smallest absolute Gasteiger partial charge is 0.309 e. The van der Waals surface area contributed by atoms with Crippen molar-refractivity contribution in [2.24, 2.45) is 47.3 Å². The largest absolute Gasteiger partial charge is 0.462 e. The van der Waals surface area contributed by atoms with Crippen molar-refractivity contribution in [2.75, 3.05) is 0 Å². The monoisotopic (exact) mass is 448 g/mol. The molecule has 0 aromatic heterocycles. The molecule has 0 heterocycles. The molecule has 4 heteroatoms. The molecule has 3 aliphatic rings. The summed E-state index contributed by atoms with van der Waals surface area (Å²) < 4.78 is 12.2. The first-order valence-corrected chi connectivity index (χ1v) is 13.6. The second-order valence-electron chi connectivity index (χ2n) is 12.2. The number of hydrogen-bond acceptors (Lipinski definition) is 4. The highest BCUT2D eigenvalue weighted by Crippen LogP contribution is 2.39. The van der Waals surface area contributed by atoms with Gasteiger partial charge in [0.05, 0.1) is 11.8 Å². The molecule has 4 nitrogen and oxygen atoms in total. The third kappa shape index (κ3) is 6.50. The average molecular weight is 449 g/mol. The zero-order valence-electron chi connectivity index (χ0n) is 21.5. The van der Waals surface area contributed by atoms with Crippen LogP contribution < -0.4 is 0 Å². The van der Waals surface area contributed by atoms with E-state index in [4.69, 9.17) is 9.47 Å². The first-order chi connectivity index (χ1) is 15.2. The summed E-state index contributed by atoms with van der Waals surface area (Å²) in [5.74, 6) is 3.15. The fraction of sp³-hybridized carbons (Fsp3) is 0.929. The van der Waals surface area contributed by atoms with Crippen molar-refractivity contribution in [3.8, 4) is 0 Å². The predicted octanol–water partition coefficient (Wildman–Crippen LogP) is 6.80. The number of carbonyl (C=O) groups is 2. The molecule has 6 atom stereocenters. The highest BCUT2D eigenvalue weighted by atomic mass is 16.5. The molecule has 0 unspecified atom stereocenters. The molecule has 3 aliphatic carbocycles. The lowest BCUT2D eigenvalue weighted by Gasteiger charge is -2.38. The van der Waals surface area contributed by atoms with E-state index in [1.54, 1.807) is 0 Å². The maximum atomic E-state index is 13.0. The lowest BCUT2D eigenvalue weighted by Crippen LogP contribution is -2.39. The molecule has 0 spiro atoms. The fourth-order valence-electron chi connectivity index (χ4n) is 6.56. The van der Waals surface area contributed by atoms with Crippen LogP contribution in [0.5, 0.6) is 0 Å². The summed E-state index contributed by atoms with van der Waals surface area (Å²) >= 11 is 0. The SMILES string of the molecule is CC(C)[C@H]1CC[C@@H](C)C[C@H]1OC(=O)C1CCC(C(=O)O[C@@H]2C[C@H](C)CC[C@@H]2C(C)C)CC1. The Labute approximate surface area is 196 Å². The minimum Gasteiger partial charge on any atom is -0.462 e. The van der Waals surface area contributed by atoms with Crippen molar-refractivity contribution in [2.45, 2.75) is 118 Å². The van der Waals surface area contributed by atoms with Crippen LogP contribution >= 0.6 is 0 Å². The van der Waals surface area contributed by atoms with Crippen molar-refractivity contribution in [3.05, 3.63) is 0 Å². The van der Waals surface area contributed by atoms with Crippen LogP contribution in [-0.2, 0) is 19.1 Å². The summed E-state index contributed by atoms with van der Waals surface area (Å²) in [4.78, 5) is 25.9. The lowest BCUT2D eigenvalue weighted by molar-refractivity contribution is -0.167. The van der Waals surface area contributed by atoms with Crippen LogP contribution in [0.1, 0.15) is 106 Å². The van der Waals surface area contributed by atoms with Crippen LogP contribution in [0.15, 0.2) is 0 Å². The summed E-state index contributed by atoms with van der Waals surface area (Å²) in [6.07, 6.45) is 9.92. The molecule has 3 fully saturated rings. The van der Waals surface area contributed by atoms with E-state index < -0.39 is 0 Å². The minimum atomic E-state index is -0.0535. The van der Waals surface area contributed by atoms with E-state index in [1.807, 2.05) is 0 Å². The van der Waals surface area contributed by atoms with Gasteiger partial charge >= 0.3 is 11.9 Å². The molecule has 3 rings (SSSR count). The maximum Gasteiger partial charge on any atom is 0.309 e. The zero-order valence-corrected chi connectivity index (χ0v) is 21.5. The minimum absolute atomic E-state index is 0.0254. The molecule has 184 valence electrons. The normalized spacial score (nSPS) is 38.5. The second-order valence-corrected chi connectivity index (χ2v) is 12.2. The molecule has 3 saturated carbocycles. The fourth-order valence-corrected chi connectivity index (χ4v) is 6.56. The van der Waals surface area contributed by atoms with Gasteiger partial charge in [0.25, 0.3) is 0 Å². The van der Waals surface area contributed by atoms with E-state index in [-0.39, 0.29) is 36.0 Å². The van der Waals surface area contributed by atoms with Gasteiger partial charge < -0.3 is 9.47 Å². The highest BCUT2D eigenvalue weighted by Gasteiger charge is 2.39. The maximum absolute atomic E-state index is 13.0. The van der Waals surface area contributed by atoms with E-state index in [9.17, 15) is 9.59 Å². The summed E-state index contributed by atoms with van der Waals surface area (Å²) in [5.41, 5.74) is 0. The highest BCUT2D eigenvalue weighted by molar-refractivity contribution is 5.75. The first-order valence-electron chi connectivity index (χ1n) is 13.6. The van der Waals surface area contributed by atoms with E-state index in [2.05, 4.69) is 41.5 Å². The molecule has 0 N–H and O–H groups in total. The third-order valence-electron chi connectivity index (χ3n) is 8.85. The quantitative estimate of drug-likeness (QED) is 0.419. The molecule has 0 aromatic rings. The van der Waals surface area contributed by atoms with Crippen LogP contribution in [0.3, 0.4) is 0 Å². The standard InChI is InChI=1S/C28H48O4/c1-17(2)23-13-7-19(5)15-25(23)31-27(29)21-9-11-22(12-10-21)28(30)32-26-16-20(6)8-14-24(26)18(3)4/h17-26H,7-16H2,1-6H3/t19-,20-,21?,22?,23-,24-,25-,26-/m1/s1. The Morgan fingerprint density at radius 1 is 0.594 bits per heavy atom. The Morgan fingerprint density at radius 3 is 1.25 bits per heavy atom. The molecule has 0 aliphatic heterocycles. The Balaban J connectivity index is 1.48. The molecule has 0 bridgehead atoms. The van der Waals surface area contributed by atoms with Gasteiger partial charge in [0, 0.05) is 0 Å². The van der Waals surface area contributed by atoms with Crippen molar-refractivity contribution < 1.29 is 19.1 Å². The van der Waals surface area contributed by atoms with Crippen LogP contribution in [0.2, 0.25) is 0 Å². The molecule has 0 aromatic carbocycles. The van der Waals surface area contributed by atoms with Crippen LogP contribution in [0.4, 0.5) is 0 Å². The van der Waals surface area contributed by atoms with Gasteiger partial charge in [0.2, 0.25) is 0 Å². The average Bonchev–Trinajstić information content (AvgIpc) is 2.73. The van der Waals surface area contributed by atoms with Crippen molar-refractivity contribution in [1.29, 1.82) is 0 Å². The van der Waals surface area contributed by atoms with Gasteiger partial charge in [-0.1, -0.05) is 54.4 Å². The molecule has 32 heavy (non-hydrogen) atoms. The second kappa shape index (κ2) is 11.4. The summed E-state index contributed by atoms with van der Waals surface area (Å²) in [5, 5.41) is 0. The van der Waals surface area contributed by atoms with Crippen molar-refractivity contribution >= 4 is 11.9 Å². The van der Waals surface area contributed by atoms with Gasteiger partial charge in [-0.05, 0) is 86.9 Å². The van der Waals surface area contributed by atoms with Gasteiger partial charge in [-0.3, -0.25) is 9.59 Å². The van der Waals surface area contributed by atoms with Gasteiger partial charge in [0.1, 0.15) is 12.2 Å². The van der Waals surface area contributed by atoms with E-state index in [0.29, 0.717) is 35.5 Å². The van der Waals surface area contributed by atoms with Crippen molar-refractivity contribution in [3.63, 3.8) is 0 Å². The Kier molecular flexibility index (Phi) is 9.09. The van der Waals surface area contributed by atoms with Crippen LogP contribution in [0.25, 0.3) is 0 Å². The Bertz CT molecular complexity index is 565. The first kappa shape index (κ1) is 25.6. The lowest BCUT2D eigenvalue weighted by atomic mass is 9.75. The Morgan fingerprint density at radius 2 is 0.938 bits per heavy atom. The summed E-state index contributed by atoms with van der Waals surface area (Å²) in [6, 6.07) is 0. The molecular weight excluding hydrogens is 400 g/mol. The summed E-state index contributed by atoms with van der Waals surface area (Å²) in [6.45, 7) is 13.5. The molecule has 0 saturated heterocycles. The molecular formula is C28H48O4. The number of esters is 2. The van der Waals surface area contributed by atoms with Gasteiger partial charge in [-0.15, -0.1) is 0 Å². The Hall–Kier alpha value is -1.06. The van der Waals surface area contributed by atoms with Gasteiger partial charge in [-0.2, -0.15) is 0 Å². The topological polar surface area (TPSA) is 52.6 Å². The van der Waals surface area contributed by atoms with Crippen LogP contribution in [-0.4, -0.2) is 24.1 Å². The third-order valence-corrected chi connectivity index (χ3v) is 8.85. The zero-order chi connectivity index (χ0) is 23.4. The molecule has 0 amide bonds. The van der Waals surface area contributed by atoms with Crippen LogP contribution in [0, 0.1) is 47.3 Å². The van der Waals surface area contributed by atoms with Crippen molar-refractivity contribution in [1.82, 2.24) is 0 Å². The van der Waals surface area contributed by atoms with Gasteiger partial charge in [0.15, 0.2) is 0 Å². The number of carbonyl (C=O) groups excluding carboxylic acids is 2. The van der Waals surface area contributed by atoms with E-state index >= 15 is 0 Å². The predicted molar refractivity (Wildman–Crippen MR) is 128 cm³/mol.